The highest BCUT2D eigenvalue weighted by Gasteiger charge is 2.49. The first-order valence-corrected chi connectivity index (χ1v) is 9.97. The van der Waals surface area contributed by atoms with Crippen molar-refractivity contribution in [2.24, 2.45) is 11.8 Å². The molecular weight excluding hydrogens is 396 g/mol. The van der Waals surface area contributed by atoms with Gasteiger partial charge in [-0.2, -0.15) is 5.26 Å². The van der Waals surface area contributed by atoms with Crippen LogP contribution in [-0.2, 0) is 9.59 Å². The molecule has 0 aliphatic carbocycles. The normalized spacial score (nSPS) is 21.5. The molecule has 1 N–H and O–H groups in total. The fraction of sp³-hybridized carbons (Fsp3) is 0.348. The molecule has 2 aliphatic heterocycles. The molecular formula is C23H24N4O4. The molecule has 2 amide bonds. The lowest BCUT2D eigenvalue weighted by molar-refractivity contribution is -0.130. The first kappa shape index (κ1) is 22.0. The molecule has 8 nitrogen and oxygen atoms in total. The van der Waals surface area contributed by atoms with Crippen LogP contribution in [0.5, 0.6) is 0 Å². The number of aromatic nitrogens is 1. The minimum atomic E-state index is -0.250. The summed E-state index contributed by atoms with van der Waals surface area (Å²) in [5.41, 5.74) is 3.13. The number of benzene rings is 1. The molecule has 2 fully saturated rings. The van der Waals surface area contributed by atoms with Crippen LogP contribution in [0.2, 0.25) is 0 Å². The van der Waals surface area contributed by atoms with Gasteiger partial charge in [-0.15, -0.1) is 0 Å². The maximum absolute atomic E-state index is 12.9. The van der Waals surface area contributed by atoms with Crippen LogP contribution in [0.3, 0.4) is 0 Å². The Hall–Kier alpha value is -3.73. The Kier molecular flexibility index (Phi) is 6.65. The third-order valence-electron chi connectivity index (χ3n) is 5.99. The van der Waals surface area contributed by atoms with Gasteiger partial charge in [-0.3, -0.25) is 14.4 Å². The van der Waals surface area contributed by atoms with Crippen molar-refractivity contribution in [3.63, 3.8) is 0 Å². The van der Waals surface area contributed by atoms with Crippen molar-refractivity contribution < 1.29 is 19.5 Å². The van der Waals surface area contributed by atoms with Gasteiger partial charge in [0.15, 0.2) is 0 Å². The fourth-order valence-corrected chi connectivity index (χ4v) is 4.62. The van der Waals surface area contributed by atoms with Gasteiger partial charge in [0.2, 0.25) is 5.91 Å². The van der Waals surface area contributed by atoms with Crippen LogP contribution in [-0.4, -0.2) is 57.8 Å². The Morgan fingerprint density at radius 2 is 1.90 bits per heavy atom. The Morgan fingerprint density at radius 3 is 2.48 bits per heavy atom. The molecule has 1 aromatic heterocycles. The van der Waals surface area contributed by atoms with E-state index in [4.69, 9.17) is 15.2 Å². The molecule has 0 saturated carbocycles. The van der Waals surface area contributed by atoms with Gasteiger partial charge in [0, 0.05) is 44.6 Å². The number of pyridine rings is 1. The maximum atomic E-state index is 12.9. The van der Waals surface area contributed by atoms with Crippen molar-refractivity contribution in [1.82, 2.24) is 14.8 Å². The molecule has 0 spiro atoms. The summed E-state index contributed by atoms with van der Waals surface area (Å²) in [6.45, 7) is 5.37. The number of carbonyl (C=O) groups excluding carboxylic acids is 2. The van der Waals surface area contributed by atoms with Gasteiger partial charge >= 0.3 is 0 Å². The Morgan fingerprint density at radius 1 is 1.19 bits per heavy atom. The van der Waals surface area contributed by atoms with E-state index in [0.29, 0.717) is 30.9 Å². The molecule has 0 unspecified atom stereocenters. The summed E-state index contributed by atoms with van der Waals surface area (Å²) in [5, 5.41) is 15.8. The van der Waals surface area contributed by atoms with Crippen molar-refractivity contribution in [3.8, 4) is 6.07 Å². The average Bonchev–Trinajstić information content (AvgIpc) is 3.33. The predicted octanol–water partition coefficient (Wildman–Crippen LogP) is 2.25. The molecule has 2 saturated heterocycles. The number of carbonyl (C=O) groups is 3. The molecule has 8 heteroatoms. The first-order valence-electron chi connectivity index (χ1n) is 9.97. The number of aryl methyl sites for hydroxylation is 1. The second kappa shape index (κ2) is 9.39. The summed E-state index contributed by atoms with van der Waals surface area (Å²) in [6, 6.07) is 13.4. The number of likely N-dealkylation sites (tertiary alicyclic amines) is 2. The quantitative estimate of drug-likeness (QED) is 0.746. The molecule has 160 valence electrons. The highest BCUT2D eigenvalue weighted by Crippen LogP contribution is 2.46. The smallest absolute Gasteiger partial charge is 0.290 e. The molecule has 2 aliphatic rings. The lowest BCUT2D eigenvalue weighted by Gasteiger charge is -2.30. The Labute approximate surface area is 180 Å². The van der Waals surface area contributed by atoms with Crippen LogP contribution in [0.4, 0.5) is 0 Å². The van der Waals surface area contributed by atoms with E-state index in [1.165, 1.54) is 17.3 Å². The molecule has 3 heterocycles. The third kappa shape index (κ3) is 4.40. The molecule has 1 aromatic carbocycles. The topological polar surface area (TPSA) is 115 Å². The van der Waals surface area contributed by atoms with Crippen LogP contribution in [0.25, 0.3) is 0 Å². The average molecular weight is 420 g/mol. The lowest BCUT2D eigenvalue weighted by Crippen LogP contribution is -2.36. The molecule has 31 heavy (non-hydrogen) atoms. The maximum Gasteiger partial charge on any atom is 0.290 e. The van der Waals surface area contributed by atoms with Crippen LogP contribution in [0.15, 0.2) is 42.6 Å². The summed E-state index contributed by atoms with van der Waals surface area (Å²) in [7, 11) is 0. The summed E-state index contributed by atoms with van der Waals surface area (Å²) in [5.74, 6) is 0.505. The van der Waals surface area contributed by atoms with Crippen molar-refractivity contribution in [1.29, 1.82) is 5.26 Å². The van der Waals surface area contributed by atoms with Crippen molar-refractivity contribution in [2.75, 3.05) is 19.6 Å². The van der Waals surface area contributed by atoms with Crippen LogP contribution in [0, 0.1) is 30.1 Å². The van der Waals surface area contributed by atoms with Gasteiger partial charge < -0.3 is 14.9 Å². The van der Waals surface area contributed by atoms with Gasteiger partial charge in [0.25, 0.3) is 12.4 Å². The zero-order chi connectivity index (χ0) is 22.5. The second-order valence-electron chi connectivity index (χ2n) is 7.76. The molecule has 2 aromatic rings. The third-order valence-corrected chi connectivity index (χ3v) is 5.99. The minimum Gasteiger partial charge on any atom is -0.483 e. The zero-order valence-electron chi connectivity index (χ0n) is 17.4. The zero-order valence-corrected chi connectivity index (χ0v) is 17.4. The summed E-state index contributed by atoms with van der Waals surface area (Å²) in [6.07, 6.45) is 1.47. The number of rotatable bonds is 2. The van der Waals surface area contributed by atoms with E-state index in [-0.39, 0.29) is 36.2 Å². The summed E-state index contributed by atoms with van der Waals surface area (Å²) < 4.78 is 0. The van der Waals surface area contributed by atoms with Gasteiger partial charge in [0.05, 0.1) is 11.6 Å². The van der Waals surface area contributed by atoms with E-state index in [1.807, 2.05) is 28.0 Å². The van der Waals surface area contributed by atoms with Crippen LogP contribution < -0.4 is 0 Å². The summed E-state index contributed by atoms with van der Waals surface area (Å²) in [4.78, 5) is 41.4. The van der Waals surface area contributed by atoms with E-state index >= 15 is 0 Å². The Balaban J connectivity index is 0.000000858. The van der Waals surface area contributed by atoms with Gasteiger partial charge in [-0.1, -0.05) is 24.3 Å². The number of hydrogen-bond donors (Lipinski definition) is 1. The van der Waals surface area contributed by atoms with E-state index in [9.17, 15) is 9.59 Å². The van der Waals surface area contributed by atoms with E-state index in [1.54, 1.807) is 19.1 Å². The molecule has 3 atom stereocenters. The number of hydrogen-bond acceptors (Lipinski definition) is 5. The van der Waals surface area contributed by atoms with Crippen molar-refractivity contribution in [2.45, 2.75) is 19.9 Å². The van der Waals surface area contributed by atoms with Crippen LogP contribution in [0.1, 0.15) is 40.1 Å². The summed E-state index contributed by atoms with van der Waals surface area (Å²) >= 11 is 0. The Bertz CT molecular complexity index is 1010. The molecule has 0 radical (unpaired) electrons. The van der Waals surface area contributed by atoms with Gasteiger partial charge in [0.1, 0.15) is 11.8 Å². The SMILES string of the molecule is CC(=O)N1C[C@H]2CN(C(=O)c3ccc(C#N)nc3)C[C@H]2[C@@H]1c1ccccc1C.O=CO. The molecule has 4 rings (SSSR count). The first-order chi connectivity index (χ1) is 14.9. The van der Waals surface area contributed by atoms with Crippen LogP contribution >= 0.6 is 0 Å². The standard InChI is InChI=1S/C22H22N4O2.CH2O2/c1-14-5-3-4-6-19(14)21-20-13-25(11-17(20)12-26(21)15(2)27)22(28)16-7-8-18(9-23)24-10-16;2-1-3/h3-8,10,17,20-21H,11-13H2,1-2H3;1H,(H,2,3)/t17-,20-,21+;/m1./s1. The van der Waals surface area contributed by atoms with Gasteiger partial charge in [-0.25, -0.2) is 4.98 Å². The number of fused-ring (bicyclic) bond motifs is 1. The number of nitrogens with zero attached hydrogens (tertiary/aromatic N) is 4. The second-order valence-corrected chi connectivity index (χ2v) is 7.76. The van der Waals surface area contributed by atoms with E-state index in [0.717, 1.165) is 0 Å². The highest BCUT2D eigenvalue weighted by atomic mass is 16.3. The highest BCUT2D eigenvalue weighted by molar-refractivity contribution is 5.94. The number of nitriles is 1. The predicted molar refractivity (Wildman–Crippen MR) is 112 cm³/mol. The van der Waals surface area contributed by atoms with Gasteiger partial charge in [-0.05, 0) is 30.2 Å². The largest absolute Gasteiger partial charge is 0.483 e. The lowest BCUT2D eigenvalue weighted by atomic mass is 9.87. The van der Waals surface area contributed by atoms with E-state index < -0.39 is 0 Å². The van der Waals surface area contributed by atoms with E-state index in [2.05, 4.69) is 24.0 Å². The molecule has 0 bridgehead atoms. The van der Waals surface area contributed by atoms with Crippen molar-refractivity contribution in [3.05, 3.63) is 65.0 Å². The fourth-order valence-electron chi connectivity index (χ4n) is 4.62. The minimum absolute atomic E-state index is 0.000546. The van der Waals surface area contributed by atoms with Crippen molar-refractivity contribution >= 4 is 18.3 Å². The monoisotopic (exact) mass is 420 g/mol. The number of amides is 2. The number of carboxylic acid groups (broad SMARTS) is 1.